The van der Waals surface area contributed by atoms with E-state index in [0.717, 1.165) is 17.4 Å². The van der Waals surface area contributed by atoms with Crippen LogP contribution in [0.3, 0.4) is 0 Å². The van der Waals surface area contributed by atoms with Crippen LogP contribution in [0.15, 0.2) is 0 Å². The molecule has 0 saturated heterocycles. The van der Waals surface area contributed by atoms with Gasteiger partial charge in [-0.05, 0) is 6.92 Å². The third-order valence-corrected chi connectivity index (χ3v) is 0.341. The molecule has 0 radical (unpaired) electrons. The van der Waals surface area contributed by atoms with Crippen molar-refractivity contribution >= 4 is 0 Å². The SMILES string of the molecule is COC(C)O.[O]=[V]. The molecule has 0 aromatic carbocycles. The molecule has 0 fully saturated rings. The molecule has 4 heteroatoms. The summed E-state index contributed by atoms with van der Waals surface area (Å²) in [5.41, 5.74) is 0. The second-order valence-corrected chi connectivity index (χ2v) is 0.835. The fourth-order valence-electron chi connectivity index (χ4n) is 0. The normalized spacial score (nSPS) is 11.1. The molecule has 0 bridgehead atoms. The summed E-state index contributed by atoms with van der Waals surface area (Å²) in [6, 6.07) is 0. The van der Waals surface area contributed by atoms with Gasteiger partial charge in [-0.2, -0.15) is 0 Å². The van der Waals surface area contributed by atoms with E-state index in [1.165, 1.54) is 7.11 Å². The molecule has 0 aromatic rings. The van der Waals surface area contributed by atoms with Crippen molar-refractivity contribution in [3.05, 3.63) is 0 Å². The molecule has 1 atom stereocenters. The van der Waals surface area contributed by atoms with Crippen LogP contribution in [0.4, 0.5) is 0 Å². The first kappa shape index (κ1) is 10.3. The van der Waals surface area contributed by atoms with Crippen LogP contribution in [0.2, 0.25) is 0 Å². The maximum atomic E-state index is 8.19. The monoisotopic (exact) mass is 143 g/mol. The van der Waals surface area contributed by atoms with E-state index in [0.29, 0.717) is 0 Å². The number of methoxy groups -OCH3 is 1. The van der Waals surface area contributed by atoms with E-state index in [1.54, 1.807) is 6.92 Å². The summed E-state index contributed by atoms with van der Waals surface area (Å²) in [5.74, 6) is 0. The number of aliphatic hydroxyl groups excluding tert-OH is 1. The van der Waals surface area contributed by atoms with Gasteiger partial charge in [-0.1, -0.05) is 0 Å². The summed E-state index contributed by atoms with van der Waals surface area (Å²) in [4.78, 5) is 0. The van der Waals surface area contributed by atoms with Crippen LogP contribution in [0.5, 0.6) is 0 Å². The molecule has 0 aliphatic heterocycles. The third-order valence-electron chi connectivity index (χ3n) is 0.341. The van der Waals surface area contributed by atoms with Gasteiger partial charge in [-0.3, -0.25) is 0 Å². The molecule has 43 valence electrons. The van der Waals surface area contributed by atoms with Crippen LogP contribution < -0.4 is 0 Å². The van der Waals surface area contributed by atoms with Gasteiger partial charge in [-0.15, -0.1) is 0 Å². The first-order valence-corrected chi connectivity index (χ1v) is 2.23. The van der Waals surface area contributed by atoms with Crippen molar-refractivity contribution in [2.75, 3.05) is 7.11 Å². The average Bonchev–Trinajstić information content (AvgIpc) is 1.73. The van der Waals surface area contributed by atoms with Crippen LogP contribution in [-0.4, -0.2) is 18.5 Å². The van der Waals surface area contributed by atoms with Gasteiger partial charge in [-0.25, -0.2) is 0 Å². The quantitative estimate of drug-likeness (QED) is 0.519. The summed E-state index contributed by atoms with van der Waals surface area (Å²) in [6.45, 7) is 1.56. The number of rotatable bonds is 1. The second-order valence-electron chi connectivity index (χ2n) is 0.835. The summed E-state index contributed by atoms with van der Waals surface area (Å²) in [7, 11) is 1.45. The number of hydrogen-bond acceptors (Lipinski definition) is 3. The molecule has 0 amide bonds. The molecule has 0 spiro atoms. The van der Waals surface area contributed by atoms with Gasteiger partial charge in [0.2, 0.25) is 0 Å². The van der Waals surface area contributed by atoms with E-state index in [4.69, 9.17) is 8.78 Å². The van der Waals surface area contributed by atoms with Gasteiger partial charge in [0, 0.05) is 7.11 Å². The van der Waals surface area contributed by atoms with Gasteiger partial charge in [0.25, 0.3) is 0 Å². The van der Waals surface area contributed by atoms with Crippen LogP contribution in [0, 0.1) is 0 Å². The van der Waals surface area contributed by atoms with Gasteiger partial charge < -0.3 is 9.84 Å². The molecule has 0 heterocycles. The van der Waals surface area contributed by atoms with Crippen molar-refractivity contribution in [2.24, 2.45) is 0 Å². The predicted molar refractivity (Wildman–Crippen MR) is 19.4 cm³/mol. The Morgan fingerprint density at radius 3 is 1.86 bits per heavy atom. The molecule has 1 unspecified atom stereocenters. The van der Waals surface area contributed by atoms with Crippen molar-refractivity contribution in [2.45, 2.75) is 13.2 Å². The molecule has 7 heavy (non-hydrogen) atoms. The topological polar surface area (TPSA) is 46.5 Å². The zero-order valence-electron chi connectivity index (χ0n) is 4.29. The predicted octanol–water partition coefficient (Wildman–Crippen LogP) is -0.150. The van der Waals surface area contributed by atoms with E-state index in [9.17, 15) is 0 Å². The molecular formula is C3H8O3V. The summed E-state index contributed by atoms with van der Waals surface area (Å²) >= 11 is 1.06. The van der Waals surface area contributed by atoms with Crippen LogP contribution in [-0.2, 0) is 25.8 Å². The standard InChI is InChI=1S/C3H8O2.O.V/c1-3(4)5-2;;/h3-4H,1-2H3;;. The Balaban J connectivity index is 0. The summed E-state index contributed by atoms with van der Waals surface area (Å²) < 4.78 is 12.5. The molecule has 3 nitrogen and oxygen atoms in total. The minimum atomic E-state index is -0.616. The maximum absolute atomic E-state index is 8.19. The first-order valence-electron chi connectivity index (χ1n) is 1.66. The van der Waals surface area contributed by atoms with Crippen molar-refractivity contribution in [3.63, 3.8) is 0 Å². The van der Waals surface area contributed by atoms with E-state index < -0.39 is 6.29 Å². The molecule has 0 rings (SSSR count). The van der Waals surface area contributed by atoms with Crippen LogP contribution in [0.1, 0.15) is 6.92 Å². The van der Waals surface area contributed by atoms with Crippen molar-refractivity contribution < 1.29 is 30.9 Å². The van der Waals surface area contributed by atoms with Gasteiger partial charge in [0.15, 0.2) is 6.29 Å². The van der Waals surface area contributed by atoms with E-state index in [1.807, 2.05) is 0 Å². The van der Waals surface area contributed by atoms with Gasteiger partial charge >= 0.3 is 21.0 Å². The molecule has 0 saturated carbocycles. The molecule has 0 aliphatic rings. The van der Waals surface area contributed by atoms with Crippen molar-refractivity contribution in [1.82, 2.24) is 0 Å². The fourth-order valence-corrected chi connectivity index (χ4v) is 0. The van der Waals surface area contributed by atoms with Crippen molar-refractivity contribution in [1.29, 1.82) is 0 Å². The fraction of sp³-hybridized carbons (Fsp3) is 1.00. The zero-order valence-corrected chi connectivity index (χ0v) is 5.68. The Hall–Kier alpha value is 0.304. The first-order chi connectivity index (χ1) is 3.27. The Labute approximate surface area is 51.9 Å². The molecule has 0 aromatic heterocycles. The average molecular weight is 143 g/mol. The summed E-state index contributed by atoms with van der Waals surface area (Å²) in [5, 5.41) is 8.14. The zero-order chi connectivity index (χ0) is 6.28. The summed E-state index contributed by atoms with van der Waals surface area (Å²) in [6.07, 6.45) is -0.616. The third kappa shape index (κ3) is 22.0. The minimum absolute atomic E-state index is 0.616. The van der Waals surface area contributed by atoms with E-state index in [-0.39, 0.29) is 0 Å². The van der Waals surface area contributed by atoms with Crippen LogP contribution >= 0.6 is 0 Å². The number of aliphatic hydroxyl groups is 1. The molecular weight excluding hydrogens is 135 g/mol. The number of ether oxygens (including phenoxy) is 1. The number of hydrogen-bond donors (Lipinski definition) is 1. The van der Waals surface area contributed by atoms with E-state index >= 15 is 0 Å². The Kier molecular flexibility index (Phi) is 14.1. The van der Waals surface area contributed by atoms with Gasteiger partial charge in [0.05, 0.1) is 0 Å². The second kappa shape index (κ2) is 9.57. The molecule has 1 N–H and O–H groups in total. The van der Waals surface area contributed by atoms with Crippen LogP contribution in [0.25, 0.3) is 0 Å². The van der Waals surface area contributed by atoms with E-state index in [2.05, 4.69) is 4.74 Å². The van der Waals surface area contributed by atoms with Gasteiger partial charge in [0.1, 0.15) is 0 Å². The Bertz CT molecular complexity index is 31.4. The molecule has 0 aliphatic carbocycles. The van der Waals surface area contributed by atoms with Crippen molar-refractivity contribution in [3.8, 4) is 0 Å². The Morgan fingerprint density at radius 2 is 1.86 bits per heavy atom. The Morgan fingerprint density at radius 1 is 1.71 bits per heavy atom.